The van der Waals surface area contributed by atoms with Crippen LogP contribution in [0.5, 0.6) is 0 Å². The molecular weight excluding hydrogens is 328 g/mol. The third-order valence-corrected chi connectivity index (χ3v) is 4.11. The van der Waals surface area contributed by atoms with Crippen LogP contribution >= 0.6 is 0 Å². The molecule has 3 N–H and O–H groups in total. The number of amides is 3. The van der Waals surface area contributed by atoms with Crippen LogP contribution in [0.4, 0.5) is 4.79 Å². The summed E-state index contributed by atoms with van der Waals surface area (Å²) in [6, 6.07) is -1.95. The first-order chi connectivity index (χ1) is 10.4. The molecule has 2 heterocycles. The van der Waals surface area contributed by atoms with Gasteiger partial charge in [0.1, 0.15) is 5.84 Å². The third kappa shape index (κ3) is 3.79. The van der Waals surface area contributed by atoms with Crippen molar-refractivity contribution in [2.45, 2.75) is 45.7 Å². The Labute approximate surface area is 134 Å². The molecule has 2 fully saturated rings. The molecule has 0 aromatic rings. The van der Waals surface area contributed by atoms with E-state index in [0.29, 0.717) is 17.9 Å². The molecule has 10 nitrogen and oxygen atoms in total. The van der Waals surface area contributed by atoms with Gasteiger partial charge in [-0.2, -0.15) is 13.5 Å². The van der Waals surface area contributed by atoms with Crippen molar-refractivity contribution < 1.29 is 26.8 Å². The first kappa shape index (κ1) is 17.6. The fourth-order valence-corrected chi connectivity index (χ4v) is 2.91. The van der Waals surface area contributed by atoms with Crippen LogP contribution in [0, 0.1) is 10.8 Å². The summed E-state index contributed by atoms with van der Waals surface area (Å²) in [5.74, 6) is -0.465. The minimum absolute atomic E-state index is 0.120. The van der Waals surface area contributed by atoms with Gasteiger partial charge in [-0.15, -0.1) is 4.28 Å². The second-order valence-electron chi connectivity index (χ2n) is 6.63. The van der Waals surface area contributed by atoms with Crippen LogP contribution in [0.3, 0.4) is 0 Å². The highest BCUT2D eigenvalue weighted by Crippen LogP contribution is 2.30. The molecule has 11 heteroatoms. The Morgan fingerprint density at radius 3 is 2.52 bits per heavy atom. The molecule has 2 aliphatic rings. The summed E-state index contributed by atoms with van der Waals surface area (Å²) >= 11 is 0. The van der Waals surface area contributed by atoms with Crippen molar-refractivity contribution in [2.75, 3.05) is 6.54 Å². The average molecular weight is 348 g/mol. The first-order valence-corrected chi connectivity index (χ1v) is 8.43. The average Bonchev–Trinajstić information content (AvgIpc) is 2.61. The second kappa shape index (κ2) is 5.73. The fraction of sp³-hybridized carbons (Fsp3) is 0.750. The van der Waals surface area contributed by atoms with Gasteiger partial charge < -0.3 is 10.2 Å². The van der Waals surface area contributed by atoms with Crippen LogP contribution in [0.25, 0.3) is 0 Å². The van der Waals surface area contributed by atoms with Crippen LogP contribution in [0.2, 0.25) is 0 Å². The highest BCUT2D eigenvalue weighted by atomic mass is 32.3. The lowest BCUT2D eigenvalue weighted by Gasteiger charge is -2.31. The number of fused-ring (bicyclic) bond motifs is 2. The highest BCUT2D eigenvalue weighted by Gasteiger charge is 2.48. The van der Waals surface area contributed by atoms with Crippen LogP contribution in [-0.4, -0.2) is 59.3 Å². The van der Waals surface area contributed by atoms with Crippen molar-refractivity contribution in [3.63, 3.8) is 0 Å². The van der Waals surface area contributed by atoms with Crippen molar-refractivity contribution in [3.05, 3.63) is 0 Å². The standard InChI is InChI=1S/C12H20N4O6S/c1-12(2,3)10(17)14-9(13)8-5-4-7-6-15(8)11(18)16(7)22-23(19,20)21/h7-8H,4-6H2,1-3H3,(H2,13,14,17)(H,19,20,21). The van der Waals surface area contributed by atoms with E-state index in [4.69, 9.17) is 9.96 Å². The Hall–Kier alpha value is -1.72. The van der Waals surface area contributed by atoms with Gasteiger partial charge in [-0.25, -0.2) is 4.79 Å². The molecule has 2 unspecified atom stereocenters. The van der Waals surface area contributed by atoms with Gasteiger partial charge in [0, 0.05) is 12.0 Å². The quantitative estimate of drug-likeness (QED) is 0.376. The number of piperidine rings is 1. The normalized spacial score (nSPS) is 24.8. The SMILES string of the molecule is CC(C)(C)C(=O)NC(=N)C1CCC2CN1C(=O)N2OS(=O)(=O)O. The predicted octanol–water partition coefficient (Wildman–Crippen LogP) is 0.129. The molecule has 2 saturated heterocycles. The summed E-state index contributed by atoms with van der Waals surface area (Å²) in [4.78, 5) is 25.4. The fourth-order valence-electron chi connectivity index (χ4n) is 2.52. The van der Waals surface area contributed by atoms with Gasteiger partial charge in [0.05, 0.1) is 12.1 Å². The van der Waals surface area contributed by atoms with E-state index in [-0.39, 0.29) is 18.3 Å². The Morgan fingerprint density at radius 2 is 2.00 bits per heavy atom. The lowest BCUT2D eigenvalue weighted by molar-refractivity contribution is -0.127. The molecule has 130 valence electrons. The zero-order valence-corrected chi connectivity index (χ0v) is 13.9. The highest BCUT2D eigenvalue weighted by molar-refractivity contribution is 7.80. The van der Waals surface area contributed by atoms with Gasteiger partial charge in [0.15, 0.2) is 0 Å². The number of hydroxylamine groups is 2. The van der Waals surface area contributed by atoms with Gasteiger partial charge in [0.25, 0.3) is 0 Å². The summed E-state index contributed by atoms with van der Waals surface area (Å²) in [6.45, 7) is 5.27. The predicted molar refractivity (Wildman–Crippen MR) is 78.7 cm³/mol. The van der Waals surface area contributed by atoms with Crippen molar-refractivity contribution >= 4 is 28.2 Å². The minimum Gasteiger partial charge on any atom is -0.312 e. The summed E-state index contributed by atoms with van der Waals surface area (Å²) in [5.41, 5.74) is -0.682. The van der Waals surface area contributed by atoms with E-state index in [2.05, 4.69) is 9.60 Å². The maximum Gasteiger partial charge on any atom is 0.418 e. The monoisotopic (exact) mass is 348 g/mol. The smallest absolute Gasteiger partial charge is 0.312 e. The summed E-state index contributed by atoms with van der Waals surface area (Å²) in [6.07, 6.45) is 0.765. The van der Waals surface area contributed by atoms with E-state index in [0.717, 1.165) is 0 Å². The summed E-state index contributed by atoms with van der Waals surface area (Å²) in [5, 5.41) is 11.1. The molecule has 0 spiro atoms. The molecule has 0 aromatic heterocycles. The lowest BCUT2D eigenvalue weighted by Crippen LogP contribution is -2.52. The zero-order valence-electron chi connectivity index (χ0n) is 13.1. The Kier molecular flexibility index (Phi) is 4.39. The first-order valence-electron chi connectivity index (χ1n) is 7.07. The number of rotatable bonds is 3. The van der Waals surface area contributed by atoms with Gasteiger partial charge in [-0.3, -0.25) is 14.8 Å². The molecule has 0 saturated carbocycles. The molecule has 2 atom stereocenters. The number of hydrogen-bond acceptors (Lipinski definition) is 6. The summed E-state index contributed by atoms with van der Waals surface area (Å²) < 4.78 is 34.7. The minimum atomic E-state index is -4.80. The Bertz CT molecular complexity index is 640. The molecule has 3 amide bonds. The summed E-state index contributed by atoms with van der Waals surface area (Å²) in [7, 11) is -4.80. The van der Waals surface area contributed by atoms with Crippen molar-refractivity contribution in [1.82, 2.24) is 15.3 Å². The number of nitrogens with one attached hydrogen (secondary N) is 2. The lowest BCUT2D eigenvalue weighted by atomic mass is 9.94. The number of hydrogen-bond donors (Lipinski definition) is 3. The van der Waals surface area contributed by atoms with Crippen LogP contribution in [-0.2, 0) is 19.5 Å². The number of urea groups is 1. The van der Waals surface area contributed by atoms with Crippen molar-refractivity contribution in [1.29, 1.82) is 5.41 Å². The van der Waals surface area contributed by atoms with Gasteiger partial charge in [-0.1, -0.05) is 20.8 Å². The Morgan fingerprint density at radius 1 is 1.39 bits per heavy atom. The molecule has 0 aliphatic carbocycles. The molecule has 2 bridgehead atoms. The molecule has 0 aromatic carbocycles. The zero-order chi connectivity index (χ0) is 17.6. The second-order valence-corrected chi connectivity index (χ2v) is 7.63. The number of amidine groups is 1. The molecule has 2 aliphatic heterocycles. The molecule has 0 radical (unpaired) electrons. The van der Waals surface area contributed by atoms with Gasteiger partial charge >= 0.3 is 16.4 Å². The van der Waals surface area contributed by atoms with Crippen molar-refractivity contribution in [2.24, 2.45) is 5.41 Å². The van der Waals surface area contributed by atoms with E-state index in [9.17, 15) is 18.0 Å². The largest absolute Gasteiger partial charge is 0.418 e. The van der Waals surface area contributed by atoms with E-state index < -0.39 is 33.9 Å². The maximum atomic E-state index is 12.2. The van der Waals surface area contributed by atoms with E-state index in [1.165, 1.54) is 4.90 Å². The van der Waals surface area contributed by atoms with E-state index in [1.54, 1.807) is 20.8 Å². The van der Waals surface area contributed by atoms with Gasteiger partial charge in [0.2, 0.25) is 5.91 Å². The van der Waals surface area contributed by atoms with Crippen molar-refractivity contribution in [3.8, 4) is 0 Å². The maximum absolute atomic E-state index is 12.2. The molecule has 2 rings (SSSR count). The van der Waals surface area contributed by atoms with E-state index in [1.807, 2.05) is 0 Å². The van der Waals surface area contributed by atoms with E-state index >= 15 is 0 Å². The topological polar surface area (TPSA) is 140 Å². The number of carbonyl (C=O) groups is 2. The molecular formula is C12H20N4O6S. The van der Waals surface area contributed by atoms with Crippen LogP contribution in [0.1, 0.15) is 33.6 Å². The molecule has 23 heavy (non-hydrogen) atoms. The van der Waals surface area contributed by atoms with Crippen LogP contribution < -0.4 is 5.32 Å². The number of carbonyl (C=O) groups excluding carboxylic acids is 2. The third-order valence-electron chi connectivity index (χ3n) is 3.76. The number of nitrogens with zero attached hydrogens (tertiary/aromatic N) is 2. The van der Waals surface area contributed by atoms with Gasteiger partial charge in [-0.05, 0) is 12.8 Å². The Balaban J connectivity index is 2.09. The van der Waals surface area contributed by atoms with Crippen LogP contribution in [0.15, 0.2) is 0 Å².